The monoisotopic (exact) mass is 369 g/mol. The van der Waals surface area contributed by atoms with Crippen molar-refractivity contribution < 1.29 is 19.7 Å². The Balaban J connectivity index is 2.23. The van der Waals surface area contributed by atoms with Crippen LogP contribution in [0.15, 0.2) is 4.79 Å². The van der Waals surface area contributed by atoms with Crippen LogP contribution in [0.2, 0.25) is 0 Å². The molecular weight excluding hydrogens is 350 g/mol. The van der Waals surface area contributed by atoms with Gasteiger partial charge in [0.15, 0.2) is 29.0 Å². The van der Waals surface area contributed by atoms with E-state index < -0.39 is 35.9 Å². The lowest BCUT2D eigenvalue weighted by molar-refractivity contribution is -0.0435. The number of aromatic nitrogens is 4. The van der Waals surface area contributed by atoms with Crippen LogP contribution in [0.1, 0.15) is 36.6 Å². The van der Waals surface area contributed by atoms with Gasteiger partial charge in [-0.15, -0.1) is 0 Å². The zero-order chi connectivity index (χ0) is 18.3. The Bertz CT molecular complexity index is 865. The van der Waals surface area contributed by atoms with Crippen LogP contribution < -0.4 is 11.3 Å². The number of aliphatic hydroxyl groups is 2. The van der Waals surface area contributed by atoms with E-state index in [0.29, 0.717) is 6.42 Å². The van der Waals surface area contributed by atoms with E-state index in [2.05, 4.69) is 27.6 Å². The number of ketones is 1. The molecule has 136 valence electrons. The van der Waals surface area contributed by atoms with Crippen molar-refractivity contribution in [3.8, 4) is 0 Å². The highest BCUT2D eigenvalue weighted by molar-refractivity contribution is 7.81. The first-order valence-corrected chi connectivity index (χ1v) is 8.34. The molecule has 1 aliphatic heterocycles. The Hall–Kier alpha value is -1.95. The summed E-state index contributed by atoms with van der Waals surface area (Å²) in [7, 11) is 0. The molecule has 2 aromatic heterocycles. The molecule has 0 saturated carbocycles. The SMILES string of the molecule is CCCC(=O)c1nc2c(=O)[nH]c(N)nc2n1[C@@H]1O[C@H](CO)[C@@H](O)[C@H]1S. The molecule has 0 unspecified atom stereocenters. The Morgan fingerprint density at radius 1 is 1.48 bits per heavy atom. The zero-order valence-electron chi connectivity index (χ0n) is 13.4. The molecule has 4 atom stereocenters. The Labute approximate surface area is 147 Å². The first-order valence-electron chi connectivity index (χ1n) is 7.82. The van der Waals surface area contributed by atoms with Crippen LogP contribution >= 0.6 is 12.6 Å². The van der Waals surface area contributed by atoms with Crippen molar-refractivity contribution in [3.05, 3.63) is 16.2 Å². The average molecular weight is 369 g/mol. The van der Waals surface area contributed by atoms with Gasteiger partial charge >= 0.3 is 0 Å². The highest BCUT2D eigenvalue weighted by Crippen LogP contribution is 2.35. The molecule has 0 bridgehead atoms. The van der Waals surface area contributed by atoms with Crippen LogP contribution in [0, 0.1) is 0 Å². The maximum absolute atomic E-state index is 12.5. The molecule has 0 radical (unpaired) electrons. The smallest absolute Gasteiger partial charge is 0.280 e. The number of rotatable bonds is 5. The summed E-state index contributed by atoms with van der Waals surface area (Å²) in [5, 5.41) is 18.7. The fourth-order valence-corrected chi connectivity index (χ4v) is 3.27. The molecule has 3 rings (SSSR count). The molecule has 5 N–H and O–H groups in total. The van der Waals surface area contributed by atoms with Crippen LogP contribution in [0.5, 0.6) is 0 Å². The minimum Gasteiger partial charge on any atom is -0.394 e. The van der Waals surface area contributed by atoms with Gasteiger partial charge in [-0.05, 0) is 6.42 Å². The van der Waals surface area contributed by atoms with Crippen molar-refractivity contribution in [2.45, 2.75) is 43.5 Å². The summed E-state index contributed by atoms with van der Waals surface area (Å²) >= 11 is 4.34. The molecule has 1 saturated heterocycles. The Kier molecular flexibility index (Phi) is 4.82. The van der Waals surface area contributed by atoms with Crippen LogP contribution in [0.4, 0.5) is 5.95 Å². The van der Waals surface area contributed by atoms with Crippen molar-refractivity contribution in [3.63, 3.8) is 0 Å². The Morgan fingerprint density at radius 3 is 2.80 bits per heavy atom. The quantitative estimate of drug-likeness (QED) is 0.340. The van der Waals surface area contributed by atoms with Crippen LogP contribution in [-0.4, -0.2) is 59.6 Å². The number of aliphatic hydroxyl groups excluding tert-OH is 2. The molecule has 10 nitrogen and oxygen atoms in total. The number of nitrogens with zero attached hydrogens (tertiary/aromatic N) is 3. The number of fused-ring (bicyclic) bond motifs is 1. The van der Waals surface area contributed by atoms with Gasteiger partial charge in [0.1, 0.15) is 6.10 Å². The molecule has 1 fully saturated rings. The molecule has 3 heterocycles. The minimum absolute atomic E-state index is 0.0183. The number of anilines is 1. The topological polar surface area (TPSA) is 156 Å². The van der Waals surface area contributed by atoms with E-state index in [1.54, 1.807) is 0 Å². The van der Waals surface area contributed by atoms with Crippen LogP contribution in [-0.2, 0) is 4.74 Å². The molecule has 11 heteroatoms. The van der Waals surface area contributed by atoms with Crippen molar-refractivity contribution in [2.24, 2.45) is 0 Å². The second-order valence-electron chi connectivity index (χ2n) is 5.83. The summed E-state index contributed by atoms with van der Waals surface area (Å²) in [6, 6.07) is 0. The maximum atomic E-state index is 12.5. The number of nitrogens with one attached hydrogen (secondary N) is 1. The second kappa shape index (κ2) is 6.75. The summed E-state index contributed by atoms with van der Waals surface area (Å²) in [5.74, 6) is -0.457. The number of H-pyrrole nitrogens is 1. The predicted molar refractivity (Wildman–Crippen MR) is 91.6 cm³/mol. The molecule has 1 aliphatic rings. The van der Waals surface area contributed by atoms with Crippen molar-refractivity contribution in [2.75, 3.05) is 12.3 Å². The number of Topliss-reactive ketones (excluding diaryl/α,β-unsaturated/α-hetero) is 1. The van der Waals surface area contributed by atoms with Gasteiger partial charge in [-0.1, -0.05) is 6.92 Å². The van der Waals surface area contributed by atoms with Crippen LogP contribution in [0.3, 0.4) is 0 Å². The molecule has 0 amide bonds. The first kappa shape index (κ1) is 17.9. The summed E-state index contributed by atoms with van der Waals surface area (Å²) in [4.78, 5) is 35.1. The molecular formula is C14H19N5O5S. The van der Waals surface area contributed by atoms with E-state index in [0.717, 1.165) is 0 Å². The lowest BCUT2D eigenvalue weighted by Crippen LogP contribution is -2.30. The van der Waals surface area contributed by atoms with E-state index >= 15 is 0 Å². The van der Waals surface area contributed by atoms with Gasteiger partial charge in [0.05, 0.1) is 18.0 Å². The van der Waals surface area contributed by atoms with Gasteiger partial charge in [-0.25, -0.2) is 4.98 Å². The number of hydrogen-bond acceptors (Lipinski definition) is 9. The third kappa shape index (κ3) is 2.92. The Morgan fingerprint density at radius 2 is 2.20 bits per heavy atom. The predicted octanol–water partition coefficient (Wildman–Crippen LogP) is -0.766. The summed E-state index contributed by atoms with van der Waals surface area (Å²) < 4.78 is 6.97. The number of nitrogen functional groups attached to an aromatic ring is 1. The van der Waals surface area contributed by atoms with Gasteiger partial charge < -0.3 is 20.7 Å². The molecule has 0 spiro atoms. The average Bonchev–Trinajstić information content (AvgIpc) is 3.07. The van der Waals surface area contributed by atoms with Crippen molar-refractivity contribution >= 4 is 35.5 Å². The van der Waals surface area contributed by atoms with Gasteiger partial charge in [-0.3, -0.25) is 19.1 Å². The third-order valence-corrected chi connectivity index (χ3v) is 4.63. The van der Waals surface area contributed by atoms with E-state index in [1.807, 2.05) is 6.92 Å². The standard InChI is InChI=1S/C14H19N5O5S/c1-2-3-5(21)10-16-7-11(17-14(15)18-12(7)23)19(10)13-9(25)8(22)6(4-20)24-13/h6,8-9,13,20,22,25H,2-4H2,1H3,(H3,15,17,18,23)/t6-,8-,9-,13-/m1/s1. The number of carbonyl (C=O) groups is 1. The van der Waals surface area contributed by atoms with Crippen molar-refractivity contribution in [1.29, 1.82) is 0 Å². The van der Waals surface area contributed by atoms with E-state index in [9.17, 15) is 19.8 Å². The normalized spacial score (nSPS) is 26.4. The number of thiol groups is 1. The maximum Gasteiger partial charge on any atom is 0.280 e. The van der Waals surface area contributed by atoms with Gasteiger partial charge in [0.2, 0.25) is 5.95 Å². The molecule has 2 aromatic rings. The third-order valence-electron chi connectivity index (χ3n) is 4.07. The summed E-state index contributed by atoms with van der Waals surface area (Å²) in [6.07, 6.45) is -2.08. The van der Waals surface area contributed by atoms with E-state index in [4.69, 9.17) is 10.5 Å². The fraction of sp³-hybridized carbons (Fsp3) is 0.571. The summed E-state index contributed by atoms with van der Waals surface area (Å²) in [5.41, 5.74) is 5.04. The lowest BCUT2D eigenvalue weighted by Gasteiger charge is -2.19. The van der Waals surface area contributed by atoms with Gasteiger partial charge in [0, 0.05) is 6.42 Å². The fourth-order valence-electron chi connectivity index (χ4n) is 2.87. The van der Waals surface area contributed by atoms with Crippen molar-refractivity contribution in [1.82, 2.24) is 19.5 Å². The molecule has 0 aromatic carbocycles. The van der Waals surface area contributed by atoms with E-state index in [1.165, 1.54) is 4.57 Å². The molecule has 0 aliphatic carbocycles. The number of aromatic amines is 1. The van der Waals surface area contributed by atoms with Gasteiger partial charge in [-0.2, -0.15) is 17.6 Å². The second-order valence-corrected chi connectivity index (χ2v) is 6.43. The minimum atomic E-state index is -1.07. The number of imidazole rings is 1. The number of carbonyl (C=O) groups excluding carboxylic acids is 1. The summed E-state index contributed by atoms with van der Waals surface area (Å²) in [6.45, 7) is 1.42. The number of nitrogens with two attached hydrogens (primary N) is 1. The molecule has 25 heavy (non-hydrogen) atoms. The number of hydrogen-bond donors (Lipinski definition) is 5. The largest absolute Gasteiger partial charge is 0.394 e. The lowest BCUT2D eigenvalue weighted by atomic mass is 10.1. The van der Waals surface area contributed by atoms with Gasteiger partial charge in [0.25, 0.3) is 5.56 Å². The number of ether oxygens (including phenoxy) is 1. The van der Waals surface area contributed by atoms with E-state index in [-0.39, 0.29) is 35.1 Å². The first-order chi connectivity index (χ1) is 11.9. The highest BCUT2D eigenvalue weighted by atomic mass is 32.1. The zero-order valence-corrected chi connectivity index (χ0v) is 14.3. The van der Waals surface area contributed by atoms with Crippen LogP contribution in [0.25, 0.3) is 11.2 Å². The highest BCUT2D eigenvalue weighted by Gasteiger charge is 2.44.